The molecule has 7 nitrogen and oxygen atoms in total. The van der Waals surface area contributed by atoms with Gasteiger partial charge in [0.25, 0.3) is 11.1 Å². The van der Waals surface area contributed by atoms with E-state index in [1.807, 2.05) is 6.07 Å². The summed E-state index contributed by atoms with van der Waals surface area (Å²) in [4.78, 5) is 49.3. The first-order valence-electron chi connectivity index (χ1n) is 7.99. The van der Waals surface area contributed by atoms with Crippen LogP contribution in [0.1, 0.15) is 0 Å². The number of para-hydroxylation sites is 2. The van der Waals surface area contributed by atoms with E-state index < -0.39 is 29.5 Å². The largest absolute Gasteiger partial charge is 0.325 e. The van der Waals surface area contributed by atoms with Crippen molar-refractivity contribution in [1.29, 1.82) is 0 Å². The molecule has 0 atom stereocenters. The molecule has 136 valence electrons. The maximum Gasteiger partial charge on any atom is 0.294 e. The number of rotatable bonds is 5. The van der Waals surface area contributed by atoms with E-state index in [9.17, 15) is 19.2 Å². The van der Waals surface area contributed by atoms with Crippen LogP contribution in [0.4, 0.5) is 16.2 Å². The maximum atomic E-state index is 12.3. The van der Waals surface area contributed by atoms with E-state index in [4.69, 9.17) is 0 Å². The van der Waals surface area contributed by atoms with Gasteiger partial charge in [-0.1, -0.05) is 36.4 Å². The number of thioether (sulfide) groups is 1. The molecule has 2 aromatic carbocycles. The third-order valence-electron chi connectivity index (χ3n) is 3.54. The van der Waals surface area contributed by atoms with E-state index in [2.05, 4.69) is 10.6 Å². The molecule has 2 aromatic rings. The molecule has 2 N–H and O–H groups in total. The lowest BCUT2D eigenvalue weighted by molar-refractivity contribution is -0.127. The third kappa shape index (κ3) is 4.83. The monoisotopic (exact) mass is 381 g/mol. The van der Waals surface area contributed by atoms with E-state index in [1.165, 1.54) is 0 Å². The van der Waals surface area contributed by atoms with Crippen LogP contribution in [0.25, 0.3) is 0 Å². The Bertz CT molecular complexity index is 913. The highest BCUT2D eigenvalue weighted by Gasteiger charge is 2.36. The standard InChI is InChI=1S/C19H15N3O4S/c23-16(20-13-7-3-1-4-8-13)11-15-18(25)22(19(26)27-15)12-17(24)21-14-9-5-2-6-10-14/h1-11H,12H2,(H,20,23)(H,21,24)/b15-11-. The molecule has 8 heteroatoms. The highest BCUT2D eigenvalue weighted by atomic mass is 32.2. The molecule has 0 bridgehead atoms. The first kappa shape index (κ1) is 18.4. The highest BCUT2D eigenvalue weighted by molar-refractivity contribution is 8.18. The van der Waals surface area contributed by atoms with Crippen molar-refractivity contribution in [2.24, 2.45) is 0 Å². The van der Waals surface area contributed by atoms with Crippen molar-refractivity contribution < 1.29 is 19.2 Å². The Morgan fingerprint density at radius 2 is 1.44 bits per heavy atom. The fourth-order valence-corrected chi connectivity index (χ4v) is 3.13. The molecule has 4 amide bonds. The van der Waals surface area contributed by atoms with Crippen molar-refractivity contribution in [2.75, 3.05) is 17.2 Å². The summed E-state index contributed by atoms with van der Waals surface area (Å²) in [6, 6.07) is 17.4. The molecule has 0 spiro atoms. The lowest BCUT2D eigenvalue weighted by Gasteiger charge is -2.12. The van der Waals surface area contributed by atoms with Crippen LogP contribution in [0.15, 0.2) is 71.6 Å². The summed E-state index contributed by atoms with van der Waals surface area (Å²) in [5.74, 6) is -1.70. The topological polar surface area (TPSA) is 95.6 Å². The second-order valence-corrected chi connectivity index (χ2v) is 6.53. The van der Waals surface area contributed by atoms with Gasteiger partial charge in [0.2, 0.25) is 11.8 Å². The van der Waals surface area contributed by atoms with Crippen molar-refractivity contribution in [2.45, 2.75) is 0 Å². The van der Waals surface area contributed by atoms with Crippen molar-refractivity contribution in [3.8, 4) is 0 Å². The molecule has 27 heavy (non-hydrogen) atoms. The molecule has 1 aliphatic rings. The van der Waals surface area contributed by atoms with Crippen molar-refractivity contribution in [1.82, 2.24) is 4.90 Å². The van der Waals surface area contributed by atoms with E-state index in [0.717, 1.165) is 11.0 Å². The Labute approximate surface area is 159 Å². The van der Waals surface area contributed by atoms with Gasteiger partial charge in [0.15, 0.2) is 0 Å². The third-order valence-corrected chi connectivity index (χ3v) is 4.44. The Morgan fingerprint density at radius 3 is 2.04 bits per heavy atom. The summed E-state index contributed by atoms with van der Waals surface area (Å²) in [5, 5.41) is 4.61. The van der Waals surface area contributed by atoms with Gasteiger partial charge >= 0.3 is 0 Å². The summed E-state index contributed by atoms with van der Waals surface area (Å²) in [7, 11) is 0. The minimum Gasteiger partial charge on any atom is -0.325 e. The molecule has 0 saturated carbocycles. The summed E-state index contributed by atoms with van der Waals surface area (Å²) >= 11 is 0.627. The minimum absolute atomic E-state index is 0.0269. The van der Waals surface area contributed by atoms with Gasteiger partial charge in [0.1, 0.15) is 6.54 Å². The van der Waals surface area contributed by atoms with E-state index in [0.29, 0.717) is 23.1 Å². The van der Waals surface area contributed by atoms with Crippen LogP contribution in [-0.2, 0) is 14.4 Å². The molecule has 0 radical (unpaired) electrons. The molecular weight excluding hydrogens is 366 g/mol. The first-order chi connectivity index (χ1) is 13.0. The van der Waals surface area contributed by atoms with Gasteiger partial charge in [-0.25, -0.2) is 0 Å². The van der Waals surface area contributed by atoms with Gasteiger partial charge in [0.05, 0.1) is 4.91 Å². The van der Waals surface area contributed by atoms with Crippen molar-refractivity contribution in [3.05, 3.63) is 71.6 Å². The van der Waals surface area contributed by atoms with Gasteiger partial charge in [-0.2, -0.15) is 0 Å². The Hall–Kier alpha value is -3.39. The van der Waals surface area contributed by atoms with E-state index in [1.54, 1.807) is 54.6 Å². The number of imide groups is 1. The van der Waals surface area contributed by atoms with Gasteiger partial charge in [-0.05, 0) is 36.0 Å². The zero-order valence-corrected chi connectivity index (χ0v) is 14.9. The normalized spacial score (nSPS) is 15.1. The SMILES string of the molecule is O=C(/C=C1\SC(=O)N(CC(=O)Nc2ccccc2)C1=O)Nc1ccccc1. The molecule has 0 unspecified atom stereocenters. The molecular formula is C19H15N3O4S. The van der Waals surface area contributed by atoms with Crippen LogP contribution in [0.3, 0.4) is 0 Å². The van der Waals surface area contributed by atoms with Crippen LogP contribution in [0.5, 0.6) is 0 Å². The average molecular weight is 381 g/mol. The molecule has 1 heterocycles. The number of hydrogen-bond donors (Lipinski definition) is 2. The Morgan fingerprint density at radius 1 is 0.889 bits per heavy atom. The lowest BCUT2D eigenvalue weighted by atomic mass is 10.3. The second-order valence-electron chi connectivity index (χ2n) is 5.54. The van der Waals surface area contributed by atoms with Gasteiger partial charge in [-0.3, -0.25) is 24.1 Å². The molecule has 1 aliphatic heterocycles. The summed E-state index contributed by atoms with van der Waals surface area (Å²) in [5.41, 5.74) is 1.13. The molecule has 0 aromatic heterocycles. The number of benzene rings is 2. The zero-order chi connectivity index (χ0) is 19.2. The quantitative estimate of drug-likeness (QED) is 0.777. The fourth-order valence-electron chi connectivity index (χ4n) is 2.32. The van der Waals surface area contributed by atoms with Crippen LogP contribution < -0.4 is 10.6 Å². The minimum atomic E-state index is -0.670. The lowest BCUT2D eigenvalue weighted by Crippen LogP contribution is -2.36. The zero-order valence-electron chi connectivity index (χ0n) is 14.0. The highest BCUT2D eigenvalue weighted by Crippen LogP contribution is 2.30. The summed E-state index contributed by atoms with van der Waals surface area (Å²) < 4.78 is 0. The number of carbonyl (C=O) groups excluding carboxylic acids is 4. The van der Waals surface area contributed by atoms with Crippen molar-refractivity contribution >= 4 is 46.1 Å². The van der Waals surface area contributed by atoms with Crippen molar-refractivity contribution in [3.63, 3.8) is 0 Å². The van der Waals surface area contributed by atoms with Crippen LogP contribution >= 0.6 is 11.8 Å². The van der Waals surface area contributed by atoms with Crippen LogP contribution in [0.2, 0.25) is 0 Å². The smallest absolute Gasteiger partial charge is 0.294 e. The predicted molar refractivity (Wildman–Crippen MR) is 103 cm³/mol. The Kier molecular flexibility index (Phi) is 5.68. The first-order valence-corrected chi connectivity index (χ1v) is 8.81. The van der Waals surface area contributed by atoms with Gasteiger partial charge in [-0.15, -0.1) is 0 Å². The van der Waals surface area contributed by atoms with Gasteiger partial charge < -0.3 is 10.6 Å². The molecule has 0 aliphatic carbocycles. The number of hydrogen-bond acceptors (Lipinski definition) is 5. The average Bonchev–Trinajstić information content (AvgIpc) is 2.90. The molecule has 1 fully saturated rings. The predicted octanol–water partition coefficient (Wildman–Crippen LogP) is 2.84. The number of anilines is 2. The maximum absolute atomic E-state index is 12.3. The fraction of sp³-hybridized carbons (Fsp3) is 0.0526. The molecule has 1 saturated heterocycles. The summed E-state index contributed by atoms with van der Waals surface area (Å²) in [6.07, 6.45) is 1.06. The van der Waals surface area contributed by atoms with E-state index in [-0.39, 0.29) is 4.91 Å². The number of nitrogens with one attached hydrogen (secondary N) is 2. The number of nitrogens with zero attached hydrogens (tertiary/aromatic N) is 1. The van der Waals surface area contributed by atoms with Gasteiger partial charge in [0, 0.05) is 17.5 Å². The summed E-state index contributed by atoms with van der Waals surface area (Å²) in [6.45, 7) is -0.419. The number of carbonyl (C=O) groups is 4. The number of amides is 4. The Balaban J connectivity index is 1.62. The van der Waals surface area contributed by atoms with Crippen LogP contribution in [-0.4, -0.2) is 34.4 Å². The van der Waals surface area contributed by atoms with Crippen LogP contribution in [0, 0.1) is 0 Å². The molecule has 3 rings (SSSR count). The second kappa shape index (κ2) is 8.33. The van der Waals surface area contributed by atoms with E-state index >= 15 is 0 Å².